The number of aromatic nitrogens is 2. The van der Waals surface area contributed by atoms with Crippen LogP contribution in [0.3, 0.4) is 0 Å². The highest BCUT2D eigenvalue weighted by Gasteiger charge is 2.21. The minimum atomic E-state index is -3.31. The molecule has 0 bridgehead atoms. The van der Waals surface area contributed by atoms with Crippen LogP contribution in [0.4, 0.5) is 17.3 Å². The minimum absolute atomic E-state index is 0.0525. The van der Waals surface area contributed by atoms with Gasteiger partial charge in [0.1, 0.15) is 6.33 Å². The molecule has 0 atom stereocenters. The van der Waals surface area contributed by atoms with Crippen LogP contribution >= 0.6 is 0 Å². The van der Waals surface area contributed by atoms with Crippen LogP contribution in [-0.2, 0) is 10.0 Å². The number of nitrogen functional groups attached to an aromatic ring is 1. The maximum Gasteiger partial charge on any atom is 0.354 e. The van der Waals surface area contributed by atoms with Crippen LogP contribution in [0.5, 0.6) is 0 Å². The molecule has 0 amide bonds. The molecule has 1 heterocycles. The molecular weight excluding hydrogens is 278 g/mol. The van der Waals surface area contributed by atoms with Crippen LogP contribution in [0.15, 0.2) is 6.33 Å². The Labute approximate surface area is 108 Å². The lowest BCUT2D eigenvalue weighted by molar-refractivity contribution is -0.383. The molecule has 11 nitrogen and oxygen atoms in total. The van der Waals surface area contributed by atoms with E-state index in [0.717, 1.165) is 12.6 Å². The van der Waals surface area contributed by atoms with E-state index < -0.39 is 20.6 Å². The topological polar surface area (TPSA) is 165 Å². The van der Waals surface area contributed by atoms with E-state index in [9.17, 15) is 18.5 Å². The monoisotopic (exact) mass is 291 g/mol. The molecule has 0 aliphatic carbocycles. The van der Waals surface area contributed by atoms with Gasteiger partial charge in [0.05, 0.1) is 11.2 Å². The van der Waals surface area contributed by atoms with Gasteiger partial charge in [-0.25, -0.2) is 29.0 Å². The van der Waals surface area contributed by atoms with Crippen molar-refractivity contribution in [3.8, 4) is 0 Å². The van der Waals surface area contributed by atoms with Gasteiger partial charge >= 0.3 is 5.69 Å². The first-order valence-corrected chi connectivity index (χ1v) is 6.89. The molecule has 5 N–H and O–H groups in total. The molecule has 0 aliphatic rings. The molecule has 0 saturated carbocycles. The zero-order valence-corrected chi connectivity index (χ0v) is 10.8. The smallest absolute Gasteiger partial charge is 0.354 e. The third kappa shape index (κ3) is 4.61. The van der Waals surface area contributed by atoms with Gasteiger partial charge in [-0.1, -0.05) is 0 Å². The molecule has 0 aromatic carbocycles. The molecule has 0 spiro atoms. The van der Waals surface area contributed by atoms with Crippen molar-refractivity contribution in [2.75, 3.05) is 30.1 Å². The number of rotatable bonds is 7. The van der Waals surface area contributed by atoms with Gasteiger partial charge in [-0.15, -0.1) is 0 Å². The lowest BCUT2D eigenvalue weighted by Crippen LogP contribution is -2.28. The van der Waals surface area contributed by atoms with Crippen molar-refractivity contribution in [1.29, 1.82) is 0 Å². The van der Waals surface area contributed by atoms with Crippen molar-refractivity contribution in [1.82, 2.24) is 14.7 Å². The number of nitro groups is 1. The summed E-state index contributed by atoms with van der Waals surface area (Å²) in [5.41, 5.74) is 1.68. The second-order valence-electron chi connectivity index (χ2n) is 3.41. The molecule has 0 fully saturated rings. The third-order valence-electron chi connectivity index (χ3n) is 1.92. The van der Waals surface area contributed by atoms with Crippen LogP contribution in [0.1, 0.15) is 0 Å². The van der Waals surface area contributed by atoms with Gasteiger partial charge in [-0.3, -0.25) is 10.1 Å². The minimum Gasteiger partial charge on any atom is -0.363 e. The summed E-state index contributed by atoms with van der Waals surface area (Å²) >= 11 is 0. The highest BCUT2D eigenvalue weighted by atomic mass is 32.2. The quantitative estimate of drug-likeness (QED) is 0.205. The summed E-state index contributed by atoms with van der Waals surface area (Å²) < 4.78 is 23.9. The highest BCUT2D eigenvalue weighted by Crippen LogP contribution is 2.27. The van der Waals surface area contributed by atoms with Crippen molar-refractivity contribution in [2.45, 2.75) is 0 Å². The number of hydrogen-bond donors (Lipinski definition) is 4. The first kappa shape index (κ1) is 15.0. The van der Waals surface area contributed by atoms with Crippen LogP contribution in [0.25, 0.3) is 0 Å². The molecule has 1 aromatic rings. The fourth-order valence-corrected chi connectivity index (χ4v) is 1.68. The Morgan fingerprint density at radius 3 is 2.53 bits per heavy atom. The zero-order chi connectivity index (χ0) is 14.5. The van der Waals surface area contributed by atoms with Crippen LogP contribution in [-0.4, -0.2) is 42.7 Å². The van der Waals surface area contributed by atoms with Crippen molar-refractivity contribution < 1.29 is 13.3 Å². The van der Waals surface area contributed by atoms with Gasteiger partial charge in [-0.05, 0) is 0 Å². The van der Waals surface area contributed by atoms with E-state index in [4.69, 9.17) is 5.84 Å². The van der Waals surface area contributed by atoms with E-state index in [1.165, 1.54) is 0 Å². The van der Waals surface area contributed by atoms with Gasteiger partial charge in [-0.2, -0.15) is 0 Å². The number of nitrogens with zero attached hydrogens (tertiary/aromatic N) is 3. The van der Waals surface area contributed by atoms with E-state index >= 15 is 0 Å². The fraction of sp³-hybridized carbons (Fsp3) is 0.429. The molecule has 0 unspecified atom stereocenters. The van der Waals surface area contributed by atoms with Gasteiger partial charge in [0.2, 0.25) is 21.7 Å². The maximum atomic E-state index is 10.9. The highest BCUT2D eigenvalue weighted by molar-refractivity contribution is 7.88. The number of anilines is 2. The van der Waals surface area contributed by atoms with Crippen molar-refractivity contribution >= 4 is 27.3 Å². The van der Waals surface area contributed by atoms with Gasteiger partial charge < -0.3 is 10.7 Å². The number of hydrazine groups is 1. The Balaban J connectivity index is 2.76. The summed E-state index contributed by atoms with van der Waals surface area (Å²) in [6.07, 6.45) is 2.10. The summed E-state index contributed by atoms with van der Waals surface area (Å²) in [5, 5.41) is 13.5. The van der Waals surface area contributed by atoms with E-state index in [-0.39, 0.29) is 24.7 Å². The zero-order valence-electron chi connectivity index (χ0n) is 9.95. The molecule has 106 valence electrons. The molecule has 12 heteroatoms. The van der Waals surface area contributed by atoms with Gasteiger partial charge in [0, 0.05) is 13.1 Å². The summed E-state index contributed by atoms with van der Waals surface area (Å²) in [4.78, 5) is 17.5. The number of nitrogens with one attached hydrogen (secondary N) is 3. The first-order chi connectivity index (χ1) is 8.85. The molecule has 0 saturated heterocycles. The van der Waals surface area contributed by atoms with Crippen LogP contribution in [0, 0.1) is 10.1 Å². The predicted molar refractivity (Wildman–Crippen MR) is 67.8 cm³/mol. The van der Waals surface area contributed by atoms with E-state index in [0.29, 0.717) is 0 Å². The SMILES string of the molecule is CS(=O)(=O)NCCNc1ncnc(NN)c1[N+](=O)[O-]. The predicted octanol–water partition coefficient (Wildman–Crippen LogP) is -1.37. The molecule has 0 radical (unpaired) electrons. The lowest BCUT2D eigenvalue weighted by Gasteiger charge is -2.08. The largest absolute Gasteiger partial charge is 0.363 e. The normalized spacial score (nSPS) is 11.1. The second kappa shape index (κ2) is 6.21. The Morgan fingerprint density at radius 1 is 1.37 bits per heavy atom. The summed E-state index contributed by atoms with van der Waals surface area (Å²) in [6, 6.07) is 0. The maximum absolute atomic E-state index is 10.9. The van der Waals surface area contributed by atoms with Crippen LogP contribution < -0.4 is 21.3 Å². The molecule has 19 heavy (non-hydrogen) atoms. The summed E-state index contributed by atoms with van der Waals surface area (Å²) in [5.74, 6) is 4.91. The standard InChI is InChI=1S/C7H13N7O4S/c1-19(17,18)12-3-2-9-6-5(14(15)16)7(13-8)11-4-10-6/h4,12H,2-3,8H2,1H3,(H2,9,10,11,13). The van der Waals surface area contributed by atoms with Crippen molar-refractivity contribution in [3.63, 3.8) is 0 Å². The molecule has 1 rings (SSSR count). The number of sulfonamides is 1. The van der Waals surface area contributed by atoms with E-state index in [1.807, 2.05) is 0 Å². The Kier molecular flexibility index (Phi) is 4.91. The van der Waals surface area contributed by atoms with Gasteiger partial charge in [0.25, 0.3) is 0 Å². The first-order valence-electron chi connectivity index (χ1n) is 4.99. The Bertz CT molecular complexity index is 561. The number of hydrogen-bond acceptors (Lipinski definition) is 9. The fourth-order valence-electron chi connectivity index (χ4n) is 1.20. The number of nitrogens with two attached hydrogens (primary N) is 1. The Hall–Kier alpha value is -2.05. The summed E-state index contributed by atoms with van der Waals surface area (Å²) in [7, 11) is -3.31. The summed E-state index contributed by atoms with van der Waals surface area (Å²) in [6.45, 7) is 0.181. The van der Waals surface area contributed by atoms with Crippen LogP contribution in [0.2, 0.25) is 0 Å². The lowest BCUT2D eigenvalue weighted by atomic mass is 10.4. The van der Waals surface area contributed by atoms with Gasteiger partial charge in [0.15, 0.2) is 0 Å². The Morgan fingerprint density at radius 2 is 2.00 bits per heavy atom. The molecular formula is C7H13N7O4S. The third-order valence-corrected chi connectivity index (χ3v) is 2.65. The second-order valence-corrected chi connectivity index (χ2v) is 5.25. The van der Waals surface area contributed by atoms with E-state index in [1.54, 1.807) is 0 Å². The molecule has 1 aromatic heterocycles. The van der Waals surface area contributed by atoms with E-state index in [2.05, 4.69) is 25.4 Å². The molecule has 0 aliphatic heterocycles. The average Bonchev–Trinajstić information content (AvgIpc) is 2.32. The van der Waals surface area contributed by atoms with Crippen molar-refractivity contribution in [3.05, 3.63) is 16.4 Å². The van der Waals surface area contributed by atoms with Crippen molar-refractivity contribution in [2.24, 2.45) is 5.84 Å². The average molecular weight is 291 g/mol.